The lowest BCUT2D eigenvalue weighted by Gasteiger charge is -2.14. The van der Waals surface area contributed by atoms with Gasteiger partial charge in [0, 0.05) is 18.7 Å². The van der Waals surface area contributed by atoms with Crippen molar-refractivity contribution in [1.29, 1.82) is 0 Å². The summed E-state index contributed by atoms with van der Waals surface area (Å²) < 4.78 is 4.99. The number of amides is 2. The lowest BCUT2D eigenvalue weighted by molar-refractivity contribution is 0.0954. The molecule has 148 valence electrons. The van der Waals surface area contributed by atoms with Gasteiger partial charge in [-0.2, -0.15) is 0 Å². The normalized spacial score (nSPS) is 13.4. The van der Waals surface area contributed by atoms with Gasteiger partial charge in [0.1, 0.15) is 11.5 Å². The summed E-state index contributed by atoms with van der Waals surface area (Å²) in [5.41, 5.74) is 3.61. The molecule has 0 saturated carbocycles. The van der Waals surface area contributed by atoms with Gasteiger partial charge in [0.2, 0.25) is 0 Å². The number of aromatic nitrogens is 1. The predicted octanol–water partition coefficient (Wildman–Crippen LogP) is 3.93. The number of nitrogens with zero attached hydrogens (tertiary/aromatic N) is 2. The average molecular weight is 407 g/mol. The summed E-state index contributed by atoms with van der Waals surface area (Å²) in [7, 11) is 0. The number of carbonyl (C=O) groups is 2. The lowest BCUT2D eigenvalue weighted by Crippen LogP contribution is -2.24. The maximum atomic E-state index is 12.7. The van der Waals surface area contributed by atoms with Crippen LogP contribution in [0, 0.1) is 6.92 Å². The van der Waals surface area contributed by atoms with Crippen LogP contribution in [0.1, 0.15) is 31.5 Å². The number of hydrogen-bond donors (Lipinski definition) is 1. The number of anilines is 1. The van der Waals surface area contributed by atoms with E-state index in [2.05, 4.69) is 22.4 Å². The number of carbonyl (C=O) groups excluding carboxylic acids is 2. The van der Waals surface area contributed by atoms with Gasteiger partial charge in [-0.15, -0.1) is 11.3 Å². The molecule has 1 aliphatic rings. The molecule has 0 radical (unpaired) electrons. The van der Waals surface area contributed by atoms with Gasteiger partial charge in [0.15, 0.2) is 0 Å². The molecular weight excluding hydrogens is 386 g/mol. The zero-order valence-corrected chi connectivity index (χ0v) is 16.9. The van der Waals surface area contributed by atoms with Crippen molar-refractivity contribution in [3.8, 4) is 0 Å². The van der Waals surface area contributed by atoms with Crippen LogP contribution in [0.2, 0.25) is 0 Å². The molecule has 2 amide bonds. The molecule has 1 N–H and O–H groups in total. The molecule has 6 nitrogen and oxygen atoms in total. The second-order valence-corrected chi connectivity index (χ2v) is 7.89. The van der Waals surface area contributed by atoms with E-state index >= 15 is 0 Å². The number of rotatable bonds is 6. The SMILES string of the molecule is Cc1nc(Cc2ccccc2)sc1C(=O)NCc1cccc(N2CCOC2=O)c1. The van der Waals surface area contributed by atoms with E-state index in [9.17, 15) is 9.59 Å². The second-order valence-electron chi connectivity index (χ2n) is 6.80. The molecule has 2 aromatic carbocycles. The van der Waals surface area contributed by atoms with E-state index < -0.39 is 0 Å². The Labute approximate surface area is 173 Å². The molecule has 1 aliphatic heterocycles. The van der Waals surface area contributed by atoms with Crippen LogP contribution in [-0.2, 0) is 17.7 Å². The molecule has 0 unspecified atom stereocenters. The molecule has 0 atom stereocenters. The Morgan fingerprint density at radius 1 is 1.17 bits per heavy atom. The first-order valence-corrected chi connectivity index (χ1v) is 10.2. The van der Waals surface area contributed by atoms with Crippen LogP contribution in [0.15, 0.2) is 54.6 Å². The van der Waals surface area contributed by atoms with Crippen molar-refractivity contribution in [2.24, 2.45) is 0 Å². The molecule has 2 heterocycles. The van der Waals surface area contributed by atoms with E-state index in [1.54, 1.807) is 4.90 Å². The quantitative estimate of drug-likeness (QED) is 0.672. The molecule has 29 heavy (non-hydrogen) atoms. The molecule has 4 rings (SSSR count). The molecule has 3 aromatic rings. The Hall–Kier alpha value is -3.19. The minimum absolute atomic E-state index is 0.134. The van der Waals surface area contributed by atoms with Gasteiger partial charge >= 0.3 is 6.09 Å². The lowest BCUT2D eigenvalue weighted by atomic mass is 10.2. The summed E-state index contributed by atoms with van der Waals surface area (Å²) in [6, 6.07) is 17.6. The third-order valence-electron chi connectivity index (χ3n) is 4.68. The van der Waals surface area contributed by atoms with Crippen LogP contribution in [0.4, 0.5) is 10.5 Å². The molecule has 1 saturated heterocycles. The topological polar surface area (TPSA) is 71.5 Å². The van der Waals surface area contributed by atoms with Crippen molar-refractivity contribution < 1.29 is 14.3 Å². The first kappa shape index (κ1) is 19.1. The van der Waals surface area contributed by atoms with E-state index in [1.165, 1.54) is 16.9 Å². The largest absolute Gasteiger partial charge is 0.447 e. The van der Waals surface area contributed by atoms with E-state index in [1.807, 2.05) is 49.4 Å². The van der Waals surface area contributed by atoms with E-state index in [-0.39, 0.29) is 12.0 Å². The Bertz CT molecular complexity index is 1030. The highest BCUT2D eigenvalue weighted by Gasteiger charge is 2.23. The molecular formula is C22H21N3O3S. The zero-order chi connectivity index (χ0) is 20.2. The summed E-state index contributed by atoms with van der Waals surface area (Å²) in [5.74, 6) is -0.134. The minimum Gasteiger partial charge on any atom is -0.447 e. The van der Waals surface area contributed by atoms with Crippen molar-refractivity contribution in [1.82, 2.24) is 10.3 Å². The smallest absolute Gasteiger partial charge is 0.414 e. The number of hydrogen-bond acceptors (Lipinski definition) is 5. The van der Waals surface area contributed by atoms with Gasteiger partial charge in [-0.25, -0.2) is 9.78 Å². The van der Waals surface area contributed by atoms with Crippen LogP contribution in [0.5, 0.6) is 0 Å². The predicted molar refractivity (Wildman–Crippen MR) is 112 cm³/mol. The third kappa shape index (κ3) is 4.46. The highest BCUT2D eigenvalue weighted by Crippen LogP contribution is 2.22. The Kier molecular flexibility index (Phi) is 5.57. The van der Waals surface area contributed by atoms with E-state index in [0.717, 1.165) is 22.0 Å². The zero-order valence-electron chi connectivity index (χ0n) is 16.1. The number of ether oxygens (including phenoxy) is 1. The second kappa shape index (κ2) is 8.45. The van der Waals surface area contributed by atoms with Crippen molar-refractivity contribution in [3.05, 3.63) is 81.3 Å². The summed E-state index contributed by atoms with van der Waals surface area (Å²) in [6.45, 7) is 3.18. The van der Waals surface area contributed by atoms with Gasteiger partial charge in [-0.1, -0.05) is 42.5 Å². The fourth-order valence-electron chi connectivity index (χ4n) is 3.23. The van der Waals surface area contributed by atoms with Gasteiger partial charge in [0.25, 0.3) is 5.91 Å². The summed E-state index contributed by atoms with van der Waals surface area (Å²) in [6.07, 6.45) is 0.380. The molecule has 7 heteroatoms. The molecule has 1 fully saturated rings. The van der Waals surface area contributed by atoms with Crippen molar-refractivity contribution in [3.63, 3.8) is 0 Å². The molecule has 0 bridgehead atoms. The van der Waals surface area contributed by atoms with Crippen LogP contribution < -0.4 is 10.2 Å². The summed E-state index contributed by atoms with van der Waals surface area (Å²) in [5, 5.41) is 3.88. The van der Waals surface area contributed by atoms with Gasteiger partial charge in [-0.3, -0.25) is 9.69 Å². The summed E-state index contributed by atoms with van der Waals surface area (Å²) in [4.78, 5) is 31.2. The van der Waals surface area contributed by atoms with Crippen LogP contribution >= 0.6 is 11.3 Å². The maximum Gasteiger partial charge on any atom is 0.414 e. The summed E-state index contributed by atoms with van der Waals surface area (Å²) >= 11 is 1.43. The fourth-order valence-corrected chi connectivity index (χ4v) is 4.25. The first-order chi connectivity index (χ1) is 14.1. The third-order valence-corrected chi connectivity index (χ3v) is 5.84. The molecule has 1 aromatic heterocycles. The number of nitrogens with one attached hydrogen (secondary N) is 1. The maximum absolute atomic E-state index is 12.7. The number of cyclic esters (lactones) is 1. The highest BCUT2D eigenvalue weighted by molar-refractivity contribution is 7.13. The minimum atomic E-state index is -0.336. The molecule has 0 aliphatic carbocycles. The Morgan fingerprint density at radius 3 is 2.72 bits per heavy atom. The Balaban J connectivity index is 1.40. The van der Waals surface area contributed by atoms with Crippen molar-refractivity contribution in [2.75, 3.05) is 18.1 Å². The van der Waals surface area contributed by atoms with Crippen LogP contribution in [0.25, 0.3) is 0 Å². The number of aryl methyl sites for hydroxylation is 1. The first-order valence-electron chi connectivity index (χ1n) is 9.42. The van der Waals surface area contributed by atoms with Crippen molar-refractivity contribution in [2.45, 2.75) is 19.9 Å². The van der Waals surface area contributed by atoms with Crippen LogP contribution in [-0.4, -0.2) is 30.1 Å². The van der Waals surface area contributed by atoms with E-state index in [0.29, 0.717) is 31.0 Å². The van der Waals surface area contributed by atoms with E-state index in [4.69, 9.17) is 4.74 Å². The average Bonchev–Trinajstić information content (AvgIpc) is 3.32. The monoisotopic (exact) mass is 407 g/mol. The van der Waals surface area contributed by atoms with Gasteiger partial charge in [0.05, 0.1) is 17.2 Å². The number of thiazole rings is 1. The Morgan fingerprint density at radius 2 is 1.97 bits per heavy atom. The van der Waals surface area contributed by atoms with Crippen molar-refractivity contribution >= 4 is 29.0 Å². The standard InChI is InChI=1S/C22H21N3O3S/c1-15-20(29-19(24-15)13-16-6-3-2-4-7-16)21(26)23-14-17-8-5-9-18(12-17)25-10-11-28-22(25)27/h2-9,12H,10-11,13-14H2,1H3,(H,23,26). The fraction of sp³-hybridized carbons (Fsp3) is 0.227. The number of benzene rings is 2. The molecule has 0 spiro atoms. The highest BCUT2D eigenvalue weighted by atomic mass is 32.1. The van der Waals surface area contributed by atoms with Gasteiger partial charge in [-0.05, 0) is 30.2 Å². The van der Waals surface area contributed by atoms with Gasteiger partial charge < -0.3 is 10.1 Å². The van der Waals surface area contributed by atoms with Crippen LogP contribution in [0.3, 0.4) is 0 Å².